The Kier molecular flexibility index (Phi) is 3.67. The number of hydrogen-bond donors (Lipinski definition) is 3. The fraction of sp³-hybridized carbons (Fsp3) is 0.278. The van der Waals surface area contributed by atoms with Crippen LogP contribution >= 0.6 is 0 Å². The number of para-hydroxylation sites is 2. The third kappa shape index (κ3) is 2.27. The molecule has 0 bridgehead atoms. The summed E-state index contributed by atoms with van der Waals surface area (Å²) in [5.74, 6) is -1.02. The second-order valence-corrected chi connectivity index (χ2v) is 6.37. The molecule has 8 nitrogen and oxygen atoms in total. The minimum atomic E-state index is -1.62. The summed E-state index contributed by atoms with van der Waals surface area (Å²) in [5.41, 5.74) is 0.489. The van der Waals surface area contributed by atoms with Crippen LogP contribution < -0.4 is 30.6 Å². The highest BCUT2D eigenvalue weighted by atomic mass is 16.5. The number of aliphatic hydroxyl groups excluding tert-OH is 1. The first kappa shape index (κ1) is 16.5. The van der Waals surface area contributed by atoms with E-state index < -0.39 is 24.6 Å². The highest BCUT2D eigenvalue weighted by Crippen LogP contribution is 2.09. The second-order valence-electron chi connectivity index (χ2n) is 6.37. The maximum absolute atomic E-state index is 11.5. The van der Waals surface area contributed by atoms with E-state index in [4.69, 9.17) is 0 Å². The van der Waals surface area contributed by atoms with Gasteiger partial charge in [0.25, 0.3) is 0 Å². The zero-order chi connectivity index (χ0) is 18.6. The van der Waals surface area contributed by atoms with Crippen molar-refractivity contribution in [2.45, 2.75) is 18.6 Å². The van der Waals surface area contributed by atoms with Gasteiger partial charge in [-0.25, -0.2) is 14.8 Å². The normalized spacial score (nSPS) is 20.7. The highest BCUT2D eigenvalue weighted by Gasteiger charge is 2.42. The summed E-state index contributed by atoms with van der Waals surface area (Å²) in [5, 5.41) is 31.1. The Bertz CT molecular complexity index is 1190. The van der Waals surface area contributed by atoms with E-state index in [1.807, 2.05) is 35.4 Å². The third-order valence-corrected chi connectivity index (χ3v) is 4.91. The third-order valence-electron chi connectivity index (χ3n) is 4.91. The molecule has 2 atom stereocenters. The molecule has 2 aromatic carbocycles. The van der Waals surface area contributed by atoms with Crippen molar-refractivity contribution < 1.29 is 20.1 Å². The number of benzene rings is 2. The average Bonchev–Trinajstić information content (AvgIpc) is 3.12. The van der Waals surface area contributed by atoms with Gasteiger partial charge in [0.15, 0.2) is 11.6 Å². The lowest BCUT2D eigenvalue weighted by Crippen LogP contribution is -2.46. The smallest absolute Gasteiger partial charge is 0.338 e. The maximum Gasteiger partial charge on any atom is 0.338 e. The summed E-state index contributed by atoms with van der Waals surface area (Å²) in [7, 11) is 3.71. The van der Waals surface area contributed by atoms with Crippen LogP contribution in [0, 0.1) is 0 Å². The van der Waals surface area contributed by atoms with Gasteiger partial charge >= 0.3 is 18.3 Å². The molecule has 26 heavy (non-hydrogen) atoms. The molecule has 3 N–H and O–H groups in total. The van der Waals surface area contributed by atoms with Crippen LogP contribution in [0.3, 0.4) is 0 Å². The number of carboxylic acid groups (broad SMARTS) is 1. The molecule has 2 aliphatic rings. The quantitative estimate of drug-likeness (QED) is 0.410. The summed E-state index contributed by atoms with van der Waals surface area (Å²) >= 11 is 0. The van der Waals surface area contributed by atoms with Crippen LogP contribution in [0.1, 0.15) is 22.2 Å². The lowest BCUT2D eigenvalue weighted by atomic mass is 10.2. The van der Waals surface area contributed by atoms with Crippen molar-refractivity contribution >= 4 is 5.97 Å². The van der Waals surface area contributed by atoms with E-state index in [1.165, 1.54) is 6.07 Å². The molecule has 4 rings (SSSR count). The first-order valence-corrected chi connectivity index (χ1v) is 8.13. The topological polar surface area (TPSA) is 109 Å². The highest BCUT2D eigenvalue weighted by molar-refractivity contribution is 5.87. The molecule has 0 spiro atoms. The minimum Gasteiger partial charge on any atom is -0.478 e. The summed E-state index contributed by atoms with van der Waals surface area (Å²) < 4.78 is 3.81. The van der Waals surface area contributed by atoms with E-state index in [0.29, 0.717) is 16.3 Å². The number of carbonyl (C=O) groups is 1. The van der Waals surface area contributed by atoms with Gasteiger partial charge in [0.2, 0.25) is 10.7 Å². The number of rotatable bonds is 3. The molecule has 0 aromatic heterocycles. The molecular weight excluding hydrogens is 336 g/mol. The zero-order valence-corrected chi connectivity index (χ0v) is 14.2. The Morgan fingerprint density at radius 3 is 2.08 bits per heavy atom. The van der Waals surface area contributed by atoms with Crippen LogP contribution in [0.25, 0.3) is 0 Å². The maximum atomic E-state index is 11.5. The van der Waals surface area contributed by atoms with Crippen molar-refractivity contribution in [2.24, 2.45) is 9.98 Å². The van der Waals surface area contributed by atoms with Crippen molar-refractivity contribution in [3.8, 4) is 0 Å². The molecule has 0 saturated heterocycles. The van der Waals surface area contributed by atoms with Crippen LogP contribution in [0.5, 0.6) is 0 Å². The average molecular weight is 354 g/mol. The number of likely N-dealkylation sites (N-methyl/N-ethyl adjacent to an activating group) is 2. The minimum absolute atomic E-state index is 0.154. The van der Waals surface area contributed by atoms with Crippen LogP contribution in [-0.4, -0.2) is 47.7 Å². The Morgan fingerprint density at radius 1 is 0.962 bits per heavy atom. The van der Waals surface area contributed by atoms with Crippen LogP contribution in [0.2, 0.25) is 0 Å². The fourth-order valence-electron chi connectivity index (χ4n) is 3.56. The summed E-state index contributed by atoms with van der Waals surface area (Å²) in [4.78, 5) is 20.8. The van der Waals surface area contributed by atoms with Gasteiger partial charge in [-0.15, -0.1) is 0 Å². The molecule has 2 heterocycles. The van der Waals surface area contributed by atoms with Gasteiger partial charge in [0, 0.05) is 17.7 Å². The van der Waals surface area contributed by atoms with Gasteiger partial charge in [-0.05, 0) is 6.07 Å². The standard InChI is InChI=1S/C18H17N4O4/c1-21-11-7-3-5-9(17(23)24)13(11)19-15(21)16-20-14-10(18(25)26)6-4-8-12(14)22(16)2/h3-8,15-17,23-24H,1-2H3/q+1/p+1. The molecule has 2 unspecified atom stereocenters. The molecule has 0 amide bonds. The van der Waals surface area contributed by atoms with Crippen molar-refractivity contribution in [2.75, 3.05) is 14.1 Å². The van der Waals surface area contributed by atoms with Gasteiger partial charge < -0.3 is 15.3 Å². The number of hydrogen-bond acceptors (Lipinski definition) is 5. The Balaban J connectivity index is 1.92. The molecule has 2 aromatic rings. The predicted octanol–water partition coefficient (Wildman–Crippen LogP) is -2.77. The first-order valence-electron chi connectivity index (χ1n) is 8.13. The van der Waals surface area contributed by atoms with Crippen molar-refractivity contribution in [3.63, 3.8) is 0 Å². The van der Waals surface area contributed by atoms with Gasteiger partial charge in [0.1, 0.15) is 19.5 Å². The van der Waals surface area contributed by atoms with E-state index >= 15 is 0 Å². The summed E-state index contributed by atoms with van der Waals surface area (Å²) in [6.07, 6.45) is -2.45. The van der Waals surface area contributed by atoms with E-state index in [0.717, 1.165) is 10.7 Å². The molecular formula is C18H18N4O4+2. The molecule has 0 fully saturated rings. The van der Waals surface area contributed by atoms with E-state index in [1.54, 1.807) is 18.2 Å². The summed E-state index contributed by atoms with van der Waals surface area (Å²) in [6, 6.07) is 10.3. The van der Waals surface area contributed by atoms with Gasteiger partial charge in [-0.3, -0.25) is 0 Å². The monoisotopic (exact) mass is 354 g/mol. The number of aliphatic hydroxyl groups is 2. The van der Waals surface area contributed by atoms with E-state index in [9.17, 15) is 20.1 Å². The number of fused-ring (bicyclic) bond motifs is 2. The Morgan fingerprint density at radius 2 is 1.50 bits per heavy atom. The lowest BCUT2D eigenvalue weighted by Gasteiger charge is -2.07. The molecule has 8 heteroatoms. The zero-order valence-electron chi connectivity index (χ0n) is 14.2. The van der Waals surface area contributed by atoms with Crippen LogP contribution in [-0.2, 0) is 0 Å². The van der Waals surface area contributed by atoms with Gasteiger partial charge in [-0.1, -0.05) is 18.2 Å². The Labute approximate surface area is 147 Å². The molecule has 0 aliphatic carbocycles. The largest absolute Gasteiger partial charge is 0.478 e. The first-order chi connectivity index (χ1) is 12.4. The summed E-state index contributed by atoms with van der Waals surface area (Å²) in [6.45, 7) is 0. The van der Waals surface area contributed by atoms with Gasteiger partial charge in [-0.2, -0.15) is 9.15 Å². The van der Waals surface area contributed by atoms with E-state index in [-0.39, 0.29) is 5.56 Å². The fourth-order valence-corrected chi connectivity index (χ4v) is 3.56. The SMILES string of the molecule is C[N+]1=c2cccc(C(=O)O)c2=NC1C1N=c2c(C(O)O)cccc2=[N+]1C. The van der Waals surface area contributed by atoms with Crippen LogP contribution in [0.15, 0.2) is 46.4 Å². The number of aromatic carboxylic acids is 1. The van der Waals surface area contributed by atoms with Crippen molar-refractivity contribution in [1.82, 2.24) is 9.15 Å². The van der Waals surface area contributed by atoms with Crippen LogP contribution in [0.4, 0.5) is 0 Å². The predicted molar refractivity (Wildman–Crippen MR) is 90.5 cm³/mol. The molecule has 2 aliphatic heterocycles. The van der Waals surface area contributed by atoms with Gasteiger partial charge in [0.05, 0.1) is 5.56 Å². The van der Waals surface area contributed by atoms with E-state index in [2.05, 4.69) is 9.98 Å². The number of nitrogens with zero attached hydrogens (tertiary/aromatic N) is 4. The second kappa shape index (κ2) is 5.79. The molecule has 132 valence electrons. The van der Waals surface area contributed by atoms with Crippen molar-refractivity contribution in [1.29, 1.82) is 0 Å². The molecule has 0 radical (unpaired) electrons. The molecule has 0 saturated carbocycles. The van der Waals surface area contributed by atoms with Crippen molar-refractivity contribution in [3.05, 3.63) is 69.0 Å². The lowest BCUT2D eigenvalue weighted by molar-refractivity contribution is -0.0435. The number of carboxylic acids is 1. The Hall–Kier alpha value is -2.97.